The number of benzene rings is 1. The van der Waals surface area contributed by atoms with Crippen LogP contribution in [0.25, 0.3) is 0 Å². The van der Waals surface area contributed by atoms with Crippen molar-refractivity contribution in [1.82, 2.24) is 4.90 Å². The lowest BCUT2D eigenvalue weighted by Gasteiger charge is -2.37. The SMILES string of the molecule is c1ccc(COCCCN2CCC[C@@H]3CCC[C@@H]32)cc1. The van der Waals surface area contributed by atoms with E-state index in [-0.39, 0.29) is 0 Å². The number of likely N-dealkylation sites (tertiary alicyclic amines) is 1. The van der Waals surface area contributed by atoms with Crippen LogP contribution in [0.5, 0.6) is 0 Å². The fourth-order valence-electron chi connectivity index (χ4n) is 3.97. The molecule has 2 aliphatic rings. The van der Waals surface area contributed by atoms with Gasteiger partial charge < -0.3 is 9.64 Å². The molecule has 1 aliphatic heterocycles. The van der Waals surface area contributed by atoms with Crippen LogP contribution in [-0.2, 0) is 11.3 Å². The van der Waals surface area contributed by atoms with Crippen LogP contribution >= 0.6 is 0 Å². The lowest BCUT2D eigenvalue weighted by molar-refractivity contribution is 0.0783. The van der Waals surface area contributed by atoms with Crippen molar-refractivity contribution in [3.63, 3.8) is 0 Å². The summed E-state index contributed by atoms with van der Waals surface area (Å²) in [4.78, 5) is 2.74. The number of ether oxygens (including phenoxy) is 1. The molecule has 0 bridgehead atoms. The number of hydrogen-bond acceptors (Lipinski definition) is 2. The molecule has 0 unspecified atom stereocenters. The molecule has 20 heavy (non-hydrogen) atoms. The lowest BCUT2D eigenvalue weighted by atomic mass is 9.92. The van der Waals surface area contributed by atoms with E-state index in [1.54, 1.807) is 0 Å². The highest BCUT2D eigenvalue weighted by Gasteiger charge is 2.34. The van der Waals surface area contributed by atoms with E-state index in [4.69, 9.17) is 4.74 Å². The minimum absolute atomic E-state index is 0.757. The highest BCUT2D eigenvalue weighted by atomic mass is 16.5. The monoisotopic (exact) mass is 273 g/mol. The van der Waals surface area contributed by atoms with Gasteiger partial charge in [-0.15, -0.1) is 0 Å². The Morgan fingerprint density at radius 2 is 1.90 bits per heavy atom. The summed E-state index contributed by atoms with van der Waals surface area (Å²) in [6.07, 6.45) is 8.44. The summed E-state index contributed by atoms with van der Waals surface area (Å²) in [7, 11) is 0. The van der Waals surface area contributed by atoms with Gasteiger partial charge in [0, 0.05) is 19.2 Å². The van der Waals surface area contributed by atoms with Crippen LogP contribution in [0.15, 0.2) is 30.3 Å². The maximum Gasteiger partial charge on any atom is 0.0716 e. The molecule has 2 atom stereocenters. The molecule has 0 amide bonds. The van der Waals surface area contributed by atoms with E-state index in [0.29, 0.717) is 0 Å². The van der Waals surface area contributed by atoms with Crippen molar-refractivity contribution >= 4 is 0 Å². The van der Waals surface area contributed by atoms with Crippen LogP contribution < -0.4 is 0 Å². The standard InChI is InChI=1S/C18H27NO/c1-2-7-16(8-3-1)15-20-14-6-13-19-12-5-10-17-9-4-11-18(17)19/h1-3,7-8,17-18H,4-6,9-15H2/t17-,18-/m0/s1. The maximum absolute atomic E-state index is 5.80. The predicted molar refractivity (Wildman–Crippen MR) is 82.7 cm³/mol. The highest BCUT2D eigenvalue weighted by molar-refractivity contribution is 5.13. The molecule has 1 heterocycles. The van der Waals surface area contributed by atoms with Crippen LogP contribution in [0, 0.1) is 5.92 Å². The number of fused-ring (bicyclic) bond motifs is 1. The van der Waals surface area contributed by atoms with Gasteiger partial charge in [0.05, 0.1) is 6.61 Å². The fourth-order valence-corrected chi connectivity index (χ4v) is 3.97. The van der Waals surface area contributed by atoms with E-state index in [0.717, 1.165) is 25.2 Å². The summed E-state index contributed by atoms with van der Waals surface area (Å²) in [5, 5.41) is 0. The summed E-state index contributed by atoms with van der Waals surface area (Å²) in [6, 6.07) is 11.4. The first-order valence-corrected chi connectivity index (χ1v) is 8.29. The summed E-state index contributed by atoms with van der Waals surface area (Å²) < 4.78 is 5.80. The second-order valence-electron chi connectivity index (χ2n) is 6.33. The third kappa shape index (κ3) is 3.62. The highest BCUT2D eigenvalue weighted by Crippen LogP contribution is 2.36. The van der Waals surface area contributed by atoms with E-state index in [1.807, 2.05) is 0 Å². The van der Waals surface area contributed by atoms with Crippen LogP contribution in [0.1, 0.15) is 44.1 Å². The molecule has 0 N–H and O–H groups in total. The quantitative estimate of drug-likeness (QED) is 0.730. The molecule has 2 nitrogen and oxygen atoms in total. The molecular formula is C18H27NO. The van der Waals surface area contributed by atoms with Gasteiger partial charge in [0.2, 0.25) is 0 Å². The molecule has 3 rings (SSSR count). The van der Waals surface area contributed by atoms with Gasteiger partial charge in [-0.3, -0.25) is 0 Å². The van der Waals surface area contributed by atoms with Crippen molar-refractivity contribution in [2.45, 2.75) is 51.2 Å². The maximum atomic E-state index is 5.80. The van der Waals surface area contributed by atoms with Crippen LogP contribution in [0.2, 0.25) is 0 Å². The van der Waals surface area contributed by atoms with Crippen molar-refractivity contribution < 1.29 is 4.74 Å². The van der Waals surface area contributed by atoms with E-state index >= 15 is 0 Å². The number of nitrogens with zero attached hydrogens (tertiary/aromatic N) is 1. The molecule has 1 saturated heterocycles. The lowest BCUT2D eigenvalue weighted by Crippen LogP contribution is -2.43. The Balaban J connectivity index is 1.33. The zero-order valence-electron chi connectivity index (χ0n) is 12.5. The van der Waals surface area contributed by atoms with Crippen LogP contribution in [0.4, 0.5) is 0 Å². The van der Waals surface area contributed by atoms with Gasteiger partial charge in [-0.25, -0.2) is 0 Å². The molecule has 110 valence electrons. The fraction of sp³-hybridized carbons (Fsp3) is 0.667. The topological polar surface area (TPSA) is 12.5 Å². The summed E-state index contributed by atoms with van der Waals surface area (Å²) >= 11 is 0. The molecule has 1 saturated carbocycles. The van der Waals surface area contributed by atoms with Crippen molar-refractivity contribution in [1.29, 1.82) is 0 Å². The predicted octanol–water partition coefficient (Wildman–Crippen LogP) is 3.86. The third-order valence-electron chi connectivity index (χ3n) is 4.95. The molecular weight excluding hydrogens is 246 g/mol. The average Bonchev–Trinajstić information content (AvgIpc) is 2.97. The zero-order valence-corrected chi connectivity index (χ0v) is 12.5. The number of piperidine rings is 1. The van der Waals surface area contributed by atoms with Crippen molar-refractivity contribution in [3.8, 4) is 0 Å². The minimum Gasteiger partial charge on any atom is -0.377 e. The molecule has 0 radical (unpaired) electrons. The smallest absolute Gasteiger partial charge is 0.0716 e. The largest absolute Gasteiger partial charge is 0.377 e. The van der Waals surface area contributed by atoms with Crippen molar-refractivity contribution in [3.05, 3.63) is 35.9 Å². The summed E-state index contributed by atoms with van der Waals surface area (Å²) in [5.41, 5.74) is 1.28. The Labute approximate surface area is 123 Å². The second-order valence-corrected chi connectivity index (χ2v) is 6.33. The Bertz CT molecular complexity index is 392. The van der Waals surface area contributed by atoms with Gasteiger partial charge in [-0.2, -0.15) is 0 Å². The van der Waals surface area contributed by atoms with Gasteiger partial charge in [0.15, 0.2) is 0 Å². The van der Waals surface area contributed by atoms with E-state index in [2.05, 4.69) is 35.2 Å². The Morgan fingerprint density at radius 1 is 1.05 bits per heavy atom. The van der Waals surface area contributed by atoms with E-state index in [1.165, 1.54) is 57.2 Å². The molecule has 1 aromatic carbocycles. The Morgan fingerprint density at radius 3 is 2.80 bits per heavy atom. The van der Waals surface area contributed by atoms with Gasteiger partial charge in [-0.1, -0.05) is 36.8 Å². The molecule has 1 aliphatic carbocycles. The van der Waals surface area contributed by atoms with E-state index < -0.39 is 0 Å². The van der Waals surface area contributed by atoms with Crippen molar-refractivity contribution in [2.24, 2.45) is 5.92 Å². The third-order valence-corrected chi connectivity index (χ3v) is 4.95. The molecule has 0 spiro atoms. The second kappa shape index (κ2) is 7.24. The summed E-state index contributed by atoms with van der Waals surface area (Å²) in [6.45, 7) is 4.20. The molecule has 2 fully saturated rings. The molecule has 0 aromatic heterocycles. The number of hydrogen-bond donors (Lipinski definition) is 0. The normalized spacial score (nSPS) is 26.6. The first-order valence-electron chi connectivity index (χ1n) is 8.29. The van der Waals surface area contributed by atoms with Gasteiger partial charge in [0.25, 0.3) is 0 Å². The number of rotatable bonds is 6. The van der Waals surface area contributed by atoms with Gasteiger partial charge in [0.1, 0.15) is 0 Å². The minimum atomic E-state index is 0.757. The van der Waals surface area contributed by atoms with Gasteiger partial charge >= 0.3 is 0 Å². The molecule has 1 aromatic rings. The first kappa shape index (κ1) is 14.1. The Kier molecular flexibility index (Phi) is 5.10. The summed E-state index contributed by atoms with van der Waals surface area (Å²) in [5.74, 6) is 1.01. The Hall–Kier alpha value is -0.860. The van der Waals surface area contributed by atoms with Crippen LogP contribution in [0.3, 0.4) is 0 Å². The zero-order chi connectivity index (χ0) is 13.6. The van der Waals surface area contributed by atoms with Crippen molar-refractivity contribution in [2.75, 3.05) is 19.7 Å². The van der Waals surface area contributed by atoms with E-state index in [9.17, 15) is 0 Å². The average molecular weight is 273 g/mol. The van der Waals surface area contributed by atoms with Gasteiger partial charge in [-0.05, 0) is 50.1 Å². The molecule has 2 heteroatoms. The first-order chi connectivity index (χ1) is 9.93. The van der Waals surface area contributed by atoms with Crippen LogP contribution in [-0.4, -0.2) is 30.6 Å².